The molecular formula is C13H10ClN3. The molecule has 0 N–H and O–H groups in total. The van der Waals surface area contributed by atoms with E-state index < -0.39 is 0 Å². The molecule has 17 heavy (non-hydrogen) atoms. The van der Waals surface area contributed by atoms with Crippen molar-refractivity contribution in [1.29, 1.82) is 0 Å². The summed E-state index contributed by atoms with van der Waals surface area (Å²) in [5.74, 6) is 0. The zero-order valence-electron chi connectivity index (χ0n) is 9.26. The third kappa shape index (κ3) is 1.78. The van der Waals surface area contributed by atoms with Crippen LogP contribution in [0.1, 0.15) is 5.56 Å². The minimum atomic E-state index is 0.479. The van der Waals surface area contributed by atoms with Crippen LogP contribution in [0.25, 0.3) is 16.9 Å². The summed E-state index contributed by atoms with van der Waals surface area (Å²) in [4.78, 5) is 4.57. The summed E-state index contributed by atoms with van der Waals surface area (Å²) < 4.78 is 1.72. The van der Waals surface area contributed by atoms with Crippen LogP contribution in [0.2, 0.25) is 5.15 Å². The van der Waals surface area contributed by atoms with Crippen LogP contribution in [0.15, 0.2) is 42.6 Å². The van der Waals surface area contributed by atoms with Crippen molar-refractivity contribution in [2.24, 2.45) is 0 Å². The van der Waals surface area contributed by atoms with Gasteiger partial charge in [-0.3, -0.25) is 0 Å². The highest BCUT2D eigenvalue weighted by molar-refractivity contribution is 6.29. The zero-order valence-corrected chi connectivity index (χ0v) is 10.0. The van der Waals surface area contributed by atoms with Gasteiger partial charge in [-0.25, -0.2) is 9.50 Å². The van der Waals surface area contributed by atoms with E-state index in [9.17, 15) is 0 Å². The number of benzene rings is 1. The first-order valence-electron chi connectivity index (χ1n) is 5.32. The summed E-state index contributed by atoms with van der Waals surface area (Å²) >= 11 is 5.92. The smallest absolute Gasteiger partial charge is 0.157 e. The van der Waals surface area contributed by atoms with Gasteiger partial charge in [0.15, 0.2) is 5.65 Å². The summed E-state index contributed by atoms with van der Waals surface area (Å²) in [5.41, 5.74) is 3.84. The first kappa shape index (κ1) is 10.3. The van der Waals surface area contributed by atoms with E-state index in [-0.39, 0.29) is 0 Å². The molecule has 0 aliphatic heterocycles. The second kappa shape index (κ2) is 3.86. The molecule has 0 saturated carbocycles. The number of nitrogens with zero attached hydrogens (tertiary/aromatic N) is 3. The number of hydrogen-bond donors (Lipinski definition) is 0. The summed E-state index contributed by atoms with van der Waals surface area (Å²) in [7, 11) is 0. The average molecular weight is 244 g/mol. The van der Waals surface area contributed by atoms with E-state index in [1.807, 2.05) is 49.5 Å². The van der Waals surface area contributed by atoms with Crippen LogP contribution >= 0.6 is 11.6 Å². The summed E-state index contributed by atoms with van der Waals surface area (Å²) in [6.45, 7) is 1.98. The molecule has 0 fully saturated rings. The molecule has 0 amide bonds. The SMILES string of the molecule is Cc1cc(Cl)nn2cc(-c3ccccc3)nc12. The fourth-order valence-electron chi connectivity index (χ4n) is 1.84. The molecule has 0 aliphatic carbocycles. The second-order valence-electron chi connectivity index (χ2n) is 3.91. The van der Waals surface area contributed by atoms with Gasteiger partial charge in [0.05, 0.1) is 11.9 Å². The number of hydrogen-bond acceptors (Lipinski definition) is 2. The largest absolute Gasteiger partial charge is 0.227 e. The minimum Gasteiger partial charge on any atom is -0.227 e. The Balaban J connectivity index is 2.24. The van der Waals surface area contributed by atoms with Crippen LogP contribution in [0.4, 0.5) is 0 Å². The maximum absolute atomic E-state index is 5.92. The highest BCUT2D eigenvalue weighted by Gasteiger charge is 2.07. The number of rotatable bonds is 1. The fourth-order valence-corrected chi connectivity index (χ4v) is 2.08. The molecule has 0 unspecified atom stereocenters. The molecule has 0 radical (unpaired) electrons. The van der Waals surface area contributed by atoms with Crippen LogP contribution in [0.5, 0.6) is 0 Å². The normalized spacial score (nSPS) is 10.9. The van der Waals surface area contributed by atoms with Crippen LogP contribution in [-0.4, -0.2) is 14.6 Å². The topological polar surface area (TPSA) is 30.2 Å². The Morgan fingerprint density at radius 1 is 1.18 bits per heavy atom. The zero-order chi connectivity index (χ0) is 11.8. The standard InChI is InChI=1S/C13H10ClN3/c1-9-7-12(14)16-17-8-11(15-13(9)17)10-5-3-2-4-6-10/h2-8H,1H3. The van der Waals surface area contributed by atoms with Crippen molar-refractivity contribution in [2.45, 2.75) is 6.92 Å². The van der Waals surface area contributed by atoms with Gasteiger partial charge in [0.1, 0.15) is 5.15 Å². The Hall–Kier alpha value is -1.87. The van der Waals surface area contributed by atoms with Gasteiger partial charge in [0.2, 0.25) is 0 Å². The van der Waals surface area contributed by atoms with Crippen molar-refractivity contribution in [1.82, 2.24) is 14.6 Å². The molecule has 0 atom stereocenters. The average Bonchev–Trinajstić information content (AvgIpc) is 2.74. The van der Waals surface area contributed by atoms with Gasteiger partial charge >= 0.3 is 0 Å². The van der Waals surface area contributed by atoms with Crippen LogP contribution in [-0.2, 0) is 0 Å². The number of fused-ring (bicyclic) bond motifs is 1. The van der Waals surface area contributed by atoms with Gasteiger partial charge in [0.25, 0.3) is 0 Å². The van der Waals surface area contributed by atoms with Gasteiger partial charge in [0, 0.05) is 5.56 Å². The highest BCUT2D eigenvalue weighted by Crippen LogP contribution is 2.20. The third-order valence-corrected chi connectivity index (χ3v) is 2.83. The predicted molar refractivity (Wildman–Crippen MR) is 68.2 cm³/mol. The minimum absolute atomic E-state index is 0.479. The number of aryl methyl sites for hydroxylation is 1. The molecule has 0 spiro atoms. The summed E-state index contributed by atoms with van der Waals surface area (Å²) in [5, 5.41) is 4.68. The lowest BCUT2D eigenvalue weighted by Gasteiger charge is -1.96. The van der Waals surface area contributed by atoms with Gasteiger partial charge in [-0.05, 0) is 18.6 Å². The highest BCUT2D eigenvalue weighted by atomic mass is 35.5. The molecule has 3 nitrogen and oxygen atoms in total. The molecule has 0 bridgehead atoms. The second-order valence-corrected chi connectivity index (χ2v) is 4.30. The van der Waals surface area contributed by atoms with Crippen LogP contribution < -0.4 is 0 Å². The van der Waals surface area contributed by atoms with Crippen LogP contribution in [0, 0.1) is 6.92 Å². The van der Waals surface area contributed by atoms with Gasteiger partial charge in [-0.2, -0.15) is 5.10 Å². The van der Waals surface area contributed by atoms with E-state index in [1.54, 1.807) is 4.52 Å². The molecule has 0 saturated heterocycles. The van der Waals surface area contributed by atoms with Gasteiger partial charge < -0.3 is 0 Å². The van der Waals surface area contributed by atoms with Crippen molar-refractivity contribution in [3.63, 3.8) is 0 Å². The van der Waals surface area contributed by atoms with Crippen molar-refractivity contribution < 1.29 is 0 Å². The van der Waals surface area contributed by atoms with Crippen molar-refractivity contribution in [2.75, 3.05) is 0 Å². The van der Waals surface area contributed by atoms with E-state index in [4.69, 9.17) is 11.6 Å². The van der Waals surface area contributed by atoms with E-state index in [1.165, 1.54) is 0 Å². The first-order chi connectivity index (χ1) is 8.24. The number of aromatic nitrogens is 3. The Bertz CT molecular complexity index is 674. The van der Waals surface area contributed by atoms with Crippen LogP contribution in [0.3, 0.4) is 0 Å². The lowest BCUT2D eigenvalue weighted by molar-refractivity contribution is 0.928. The molecular weight excluding hydrogens is 234 g/mol. The van der Waals surface area contributed by atoms with Crippen molar-refractivity contribution >= 4 is 17.2 Å². The molecule has 3 aromatic rings. The Labute approximate surface area is 104 Å². The summed E-state index contributed by atoms with van der Waals surface area (Å²) in [6.07, 6.45) is 1.89. The van der Waals surface area contributed by atoms with E-state index in [2.05, 4.69) is 10.1 Å². The quantitative estimate of drug-likeness (QED) is 0.656. The predicted octanol–water partition coefficient (Wildman–Crippen LogP) is 3.36. The lowest BCUT2D eigenvalue weighted by Crippen LogP contribution is -1.92. The lowest BCUT2D eigenvalue weighted by atomic mass is 10.2. The van der Waals surface area contributed by atoms with E-state index in [0.717, 1.165) is 22.5 Å². The molecule has 1 aromatic carbocycles. The Kier molecular flexibility index (Phi) is 2.34. The van der Waals surface area contributed by atoms with Crippen molar-refractivity contribution in [3.05, 3.63) is 53.3 Å². The summed E-state index contributed by atoms with van der Waals surface area (Å²) in [6, 6.07) is 11.8. The number of halogens is 1. The first-order valence-corrected chi connectivity index (χ1v) is 5.70. The van der Waals surface area contributed by atoms with E-state index in [0.29, 0.717) is 5.15 Å². The van der Waals surface area contributed by atoms with Gasteiger partial charge in [-0.1, -0.05) is 41.9 Å². The third-order valence-electron chi connectivity index (χ3n) is 2.65. The van der Waals surface area contributed by atoms with E-state index >= 15 is 0 Å². The van der Waals surface area contributed by atoms with Crippen molar-refractivity contribution in [3.8, 4) is 11.3 Å². The maximum Gasteiger partial charge on any atom is 0.157 e. The molecule has 2 heterocycles. The maximum atomic E-state index is 5.92. The monoisotopic (exact) mass is 243 g/mol. The Morgan fingerprint density at radius 2 is 1.94 bits per heavy atom. The Morgan fingerprint density at radius 3 is 2.71 bits per heavy atom. The molecule has 2 aromatic heterocycles. The number of imidazole rings is 1. The molecule has 0 aliphatic rings. The molecule has 4 heteroatoms. The molecule has 84 valence electrons. The van der Waals surface area contributed by atoms with Gasteiger partial charge in [-0.15, -0.1) is 0 Å². The fraction of sp³-hybridized carbons (Fsp3) is 0.0769. The molecule has 3 rings (SSSR count).